The second-order valence-corrected chi connectivity index (χ2v) is 5.87. The first-order valence-corrected chi connectivity index (χ1v) is 8.04. The third-order valence-electron chi connectivity index (χ3n) is 3.95. The van der Waals surface area contributed by atoms with Crippen molar-refractivity contribution in [2.24, 2.45) is 0 Å². The van der Waals surface area contributed by atoms with Gasteiger partial charge in [-0.1, -0.05) is 18.2 Å². The van der Waals surface area contributed by atoms with E-state index in [-0.39, 0.29) is 12.2 Å². The fourth-order valence-corrected chi connectivity index (χ4v) is 2.58. The van der Waals surface area contributed by atoms with E-state index >= 15 is 0 Å². The number of nitrogens with zero attached hydrogens (tertiary/aromatic N) is 2. The van der Waals surface area contributed by atoms with Crippen LogP contribution in [0.4, 0.5) is 13.2 Å². The van der Waals surface area contributed by atoms with Gasteiger partial charge in [-0.25, -0.2) is 4.68 Å². The molecular formula is C18H16F3N3O3. The van der Waals surface area contributed by atoms with Crippen LogP contribution < -0.4 is 5.32 Å². The second-order valence-electron chi connectivity index (χ2n) is 5.87. The lowest BCUT2D eigenvalue weighted by Gasteiger charge is -2.08. The van der Waals surface area contributed by atoms with E-state index in [1.54, 1.807) is 24.3 Å². The van der Waals surface area contributed by atoms with Crippen LogP contribution in [0.5, 0.6) is 0 Å². The van der Waals surface area contributed by atoms with E-state index in [1.165, 1.54) is 16.8 Å². The fraction of sp³-hybridized carbons (Fsp3) is 0.222. The summed E-state index contributed by atoms with van der Waals surface area (Å²) in [6, 6.07) is 11.2. The predicted molar refractivity (Wildman–Crippen MR) is 91.5 cm³/mol. The van der Waals surface area contributed by atoms with Crippen LogP contribution in [-0.4, -0.2) is 45.2 Å². The first kappa shape index (κ1) is 18.9. The molecule has 1 aromatic heterocycles. The summed E-state index contributed by atoms with van der Waals surface area (Å²) in [7, 11) is 0. The van der Waals surface area contributed by atoms with E-state index in [1.807, 2.05) is 0 Å². The minimum absolute atomic E-state index is 0.0654. The molecule has 3 aromatic rings. The molecule has 1 atom stereocenters. The van der Waals surface area contributed by atoms with E-state index in [4.69, 9.17) is 5.11 Å². The zero-order valence-electron chi connectivity index (χ0n) is 13.9. The lowest BCUT2D eigenvalue weighted by molar-refractivity contribution is -0.137. The van der Waals surface area contributed by atoms with E-state index in [0.29, 0.717) is 16.6 Å². The van der Waals surface area contributed by atoms with E-state index < -0.39 is 30.4 Å². The number of aliphatic hydroxyl groups excluding tert-OH is 2. The van der Waals surface area contributed by atoms with Gasteiger partial charge in [0.2, 0.25) is 0 Å². The number of carbonyl (C=O) groups excluding carboxylic acids is 1. The van der Waals surface area contributed by atoms with Crippen molar-refractivity contribution in [1.29, 1.82) is 0 Å². The summed E-state index contributed by atoms with van der Waals surface area (Å²) < 4.78 is 39.6. The van der Waals surface area contributed by atoms with Crippen LogP contribution in [0.2, 0.25) is 0 Å². The molecule has 0 saturated carbocycles. The largest absolute Gasteiger partial charge is 0.416 e. The summed E-state index contributed by atoms with van der Waals surface area (Å²) in [5.74, 6) is -0.565. The lowest BCUT2D eigenvalue weighted by Crippen LogP contribution is -2.34. The molecule has 0 radical (unpaired) electrons. The molecule has 2 aromatic carbocycles. The van der Waals surface area contributed by atoms with Gasteiger partial charge in [0.05, 0.1) is 29.5 Å². The van der Waals surface area contributed by atoms with E-state index in [2.05, 4.69) is 10.4 Å². The van der Waals surface area contributed by atoms with Gasteiger partial charge >= 0.3 is 6.18 Å². The molecular weight excluding hydrogens is 363 g/mol. The highest BCUT2D eigenvalue weighted by Crippen LogP contribution is 2.30. The number of aliphatic hydroxyl groups is 2. The molecule has 0 aliphatic rings. The maximum atomic E-state index is 12.8. The summed E-state index contributed by atoms with van der Waals surface area (Å²) in [4.78, 5) is 12.4. The summed E-state index contributed by atoms with van der Waals surface area (Å²) in [6.45, 7) is -0.655. The van der Waals surface area contributed by atoms with Gasteiger partial charge in [-0.05, 0) is 30.3 Å². The Balaban J connectivity index is 1.99. The van der Waals surface area contributed by atoms with Gasteiger partial charge in [0.15, 0.2) is 5.69 Å². The van der Waals surface area contributed by atoms with Crippen molar-refractivity contribution in [2.75, 3.05) is 13.2 Å². The number of para-hydroxylation sites is 1. The van der Waals surface area contributed by atoms with Gasteiger partial charge in [-0.15, -0.1) is 0 Å². The summed E-state index contributed by atoms with van der Waals surface area (Å²) >= 11 is 0. The Morgan fingerprint density at radius 1 is 1.15 bits per heavy atom. The number of carbonyl (C=O) groups is 1. The van der Waals surface area contributed by atoms with Crippen LogP contribution in [0.1, 0.15) is 16.1 Å². The number of rotatable bonds is 5. The standard InChI is InChI=1S/C18H16F3N3O3/c19-18(20,21)11-5-7-12(8-6-11)24-15-4-2-1-3-14(15)16(23-24)17(27)22-9-13(26)10-25/h1-8,13,25-26H,9-10H2,(H,22,27). The second kappa shape index (κ2) is 7.37. The third kappa shape index (κ3) is 3.93. The number of aromatic nitrogens is 2. The normalized spacial score (nSPS) is 12.9. The molecule has 3 N–H and O–H groups in total. The molecule has 0 spiro atoms. The van der Waals surface area contributed by atoms with Gasteiger partial charge in [0, 0.05) is 11.9 Å². The highest BCUT2D eigenvalue weighted by molar-refractivity contribution is 6.05. The Labute approximate surface area is 151 Å². The van der Waals surface area contributed by atoms with Crippen LogP contribution in [0, 0.1) is 0 Å². The number of nitrogens with one attached hydrogen (secondary N) is 1. The molecule has 3 rings (SSSR count). The van der Waals surface area contributed by atoms with Crippen LogP contribution >= 0.6 is 0 Å². The number of hydrogen-bond acceptors (Lipinski definition) is 4. The van der Waals surface area contributed by atoms with Gasteiger partial charge in [0.1, 0.15) is 0 Å². The SMILES string of the molecule is O=C(NCC(O)CO)c1nn(-c2ccc(C(F)(F)F)cc2)c2ccccc12. The molecule has 9 heteroatoms. The number of alkyl halides is 3. The maximum absolute atomic E-state index is 12.8. The Morgan fingerprint density at radius 2 is 1.81 bits per heavy atom. The Kier molecular flexibility index (Phi) is 5.15. The number of fused-ring (bicyclic) bond motifs is 1. The monoisotopic (exact) mass is 379 g/mol. The zero-order chi connectivity index (χ0) is 19.6. The van der Waals surface area contributed by atoms with Gasteiger partial charge in [-0.3, -0.25) is 4.79 Å². The molecule has 6 nitrogen and oxygen atoms in total. The molecule has 0 fully saturated rings. The molecule has 1 unspecified atom stereocenters. The van der Waals surface area contributed by atoms with Crippen LogP contribution in [0.3, 0.4) is 0 Å². The van der Waals surface area contributed by atoms with Gasteiger partial charge in [0.25, 0.3) is 5.91 Å². The fourth-order valence-electron chi connectivity index (χ4n) is 2.58. The van der Waals surface area contributed by atoms with Crippen molar-refractivity contribution in [3.05, 3.63) is 59.8 Å². The minimum atomic E-state index is -4.44. The average molecular weight is 379 g/mol. The third-order valence-corrected chi connectivity index (χ3v) is 3.95. The first-order valence-electron chi connectivity index (χ1n) is 8.04. The number of hydrogen-bond donors (Lipinski definition) is 3. The molecule has 0 saturated heterocycles. The first-order chi connectivity index (χ1) is 12.8. The molecule has 1 heterocycles. The van der Waals surface area contributed by atoms with Crippen molar-refractivity contribution in [3.63, 3.8) is 0 Å². The van der Waals surface area contributed by atoms with E-state index in [9.17, 15) is 23.1 Å². The molecule has 0 bridgehead atoms. The molecule has 0 aliphatic heterocycles. The van der Waals surface area contributed by atoms with Crippen molar-refractivity contribution in [2.45, 2.75) is 12.3 Å². The number of benzene rings is 2. The highest BCUT2D eigenvalue weighted by Gasteiger charge is 2.30. The Bertz CT molecular complexity index is 952. The van der Waals surface area contributed by atoms with Gasteiger partial charge < -0.3 is 15.5 Å². The predicted octanol–water partition coefficient (Wildman–Crippen LogP) is 2.13. The van der Waals surface area contributed by atoms with Crippen molar-refractivity contribution < 1.29 is 28.2 Å². The summed E-state index contributed by atoms with van der Waals surface area (Å²) in [5.41, 5.74) is 0.202. The van der Waals surface area contributed by atoms with Crippen LogP contribution in [0.25, 0.3) is 16.6 Å². The smallest absolute Gasteiger partial charge is 0.394 e. The van der Waals surface area contributed by atoms with Crippen molar-refractivity contribution in [1.82, 2.24) is 15.1 Å². The van der Waals surface area contributed by atoms with Gasteiger partial charge in [-0.2, -0.15) is 18.3 Å². The Hall–Kier alpha value is -2.91. The van der Waals surface area contributed by atoms with Crippen molar-refractivity contribution >= 4 is 16.8 Å². The van der Waals surface area contributed by atoms with E-state index in [0.717, 1.165) is 12.1 Å². The molecule has 27 heavy (non-hydrogen) atoms. The summed E-state index contributed by atoms with van der Waals surface area (Å²) in [6.07, 6.45) is -5.54. The van der Waals surface area contributed by atoms with Crippen LogP contribution in [-0.2, 0) is 6.18 Å². The minimum Gasteiger partial charge on any atom is -0.394 e. The average Bonchev–Trinajstić information content (AvgIpc) is 3.05. The molecule has 0 aliphatic carbocycles. The topological polar surface area (TPSA) is 87.4 Å². The highest BCUT2D eigenvalue weighted by atomic mass is 19.4. The van der Waals surface area contributed by atoms with Crippen LogP contribution in [0.15, 0.2) is 48.5 Å². The Morgan fingerprint density at radius 3 is 2.44 bits per heavy atom. The maximum Gasteiger partial charge on any atom is 0.416 e. The lowest BCUT2D eigenvalue weighted by atomic mass is 10.2. The number of amides is 1. The molecule has 142 valence electrons. The summed E-state index contributed by atoms with van der Waals surface area (Å²) in [5, 5.41) is 25.4. The molecule has 1 amide bonds. The number of halogens is 3. The quantitative estimate of drug-likeness (QED) is 0.634. The zero-order valence-corrected chi connectivity index (χ0v) is 13.9. The van der Waals surface area contributed by atoms with Crippen molar-refractivity contribution in [3.8, 4) is 5.69 Å².